The van der Waals surface area contributed by atoms with Crippen LogP contribution in [-0.4, -0.2) is 36.5 Å². The van der Waals surface area contributed by atoms with Crippen molar-refractivity contribution in [1.82, 2.24) is 14.5 Å². The molecule has 1 aromatic rings. The average molecular weight is 231 g/mol. The van der Waals surface area contributed by atoms with E-state index in [-0.39, 0.29) is 5.03 Å². The number of hydrogen-bond acceptors (Lipinski definition) is 3. The highest BCUT2D eigenvalue weighted by molar-refractivity contribution is 7.89. The Morgan fingerprint density at radius 1 is 1.53 bits per heavy atom. The zero-order valence-corrected chi connectivity index (χ0v) is 10.1. The predicted molar refractivity (Wildman–Crippen MR) is 57.9 cm³/mol. The first kappa shape index (κ1) is 12.2. The van der Waals surface area contributed by atoms with Gasteiger partial charge in [-0.15, -0.1) is 0 Å². The van der Waals surface area contributed by atoms with Crippen molar-refractivity contribution in [2.45, 2.75) is 25.3 Å². The van der Waals surface area contributed by atoms with Gasteiger partial charge in [0.2, 0.25) is 0 Å². The van der Waals surface area contributed by atoms with Gasteiger partial charge in [0.1, 0.15) is 0 Å². The molecule has 1 rings (SSSR count). The fourth-order valence-corrected chi connectivity index (χ4v) is 2.20. The molecule has 0 aliphatic heterocycles. The molecule has 0 amide bonds. The van der Waals surface area contributed by atoms with Crippen LogP contribution in [0.2, 0.25) is 0 Å². The van der Waals surface area contributed by atoms with Crippen LogP contribution in [0.5, 0.6) is 0 Å². The zero-order valence-electron chi connectivity index (χ0n) is 9.27. The molecular weight excluding hydrogens is 214 g/mol. The minimum atomic E-state index is -3.38. The molecular formula is C9H17N3O2S. The number of sulfonamides is 1. The number of nitrogens with one attached hydrogen (secondary N) is 1. The lowest BCUT2D eigenvalue weighted by atomic mass is 10.1. The van der Waals surface area contributed by atoms with E-state index < -0.39 is 10.0 Å². The Bertz CT molecular complexity index is 383. The molecule has 1 heterocycles. The van der Waals surface area contributed by atoms with Gasteiger partial charge in [0, 0.05) is 13.6 Å². The third kappa shape index (κ3) is 3.04. The highest BCUT2D eigenvalue weighted by atomic mass is 32.2. The second-order valence-corrected chi connectivity index (χ2v) is 5.94. The Labute approximate surface area is 90.5 Å². The molecule has 0 unspecified atom stereocenters. The van der Waals surface area contributed by atoms with Crippen molar-refractivity contribution in [2.75, 3.05) is 13.6 Å². The average Bonchev–Trinajstić information content (AvgIpc) is 2.66. The van der Waals surface area contributed by atoms with E-state index in [2.05, 4.69) is 24.0 Å². The topological polar surface area (TPSA) is 66.1 Å². The van der Waals surface area contributed by atoms with Gasteiger partial charge >= 0.3 is 0 Å². The Balaban J connectivity index is 2.71. The molecule has 0 aliphatic rings. The van der Waals surface area contributed by atoms with Gasteiger partial charge < -0.3 is 0 Å². The third-order valence-electron chi connectivity index (χ3n) is 2.18. The molecule has 1 aromatic heterocycles. The SMILES string of the molecule is CC(C)CCN(C)S(=O)(=O)c1ccn[nH]1. The summed E-state index contributed by atoms with van der Waals surface area (Å²) in [5.74, 6) is 0.490. The highest BCUT2D eigenvalue weighted by Gasteiger charge is 2.21. The van der Waals surface area contributed by atoms with Crippen LogP contribution in [0.1, 0.15) is 20.3 Å². The normalized spacial score (nSPS) is 12.6. The van der Waals surface area contributed by atoms with Gasteiger partial charge in [0.15, 0.2) is 5.03 Å². The lowest BCUT2D eigenvalue weighted by Crippen LogP contribution is -2.28. The first-order valence-corrected chi connectivity index (χ1v) is 6.34. The smallest absolute Gasteiger partial charge is 0.259 e. The first-order chi connectivity index (χ1) is 6.94. The van der Waals surface area contributed by atoms with Gasteiger partial charge in [0.05, 0.1) is 6.20 Å². The van der Waals surface area contributed by atoms with Crippen LogP contribution in [0.25, 0.3) is 0 Å². The van der Waals surface area contributed by atoms with Gasteiger partial charge in [0.25, 0.3) is 10.0 Å². The molecule has 0 saturated carbocycles. The van der Waals surface area contributed by atoms with Crippen molar-refractivity contribution in [3.05, 3.63) is 12.3 Å². The lowest BCUT2D eigenvalue weighted by molar-refractivity contribution is 0.426. The van der Waals surface area contributed by atoms with Gasteiger partial charge in [-0.1, -0.05) is 13.8 Å². The summed E-state index contributed by atoms with van der Waals surface area (Å²) in [6, 6.07) is 1.46. The van der Waals surface area contributed by atoms with Crippen molar-refractivity contribution < 1.29 is 8.42 Å². The minimum absolute atomic E-state index is 0.147. The Hall–Kier alpha value is -0.880. The van der Waals surface area contributed by atoms with E-state index in [1.165, 1.54) is 16.6 Å². The molecule has 0 aromatic carbocycles. The standard InChI is InChI=1S/C9H17N3O2S/c1-8(2)5-7-12(3)15(13,14)9-4-6-10-11-9/h4,6,8H,5,7H2,1-3H3,(H,10,11). The fraction of sp³-hybridized carbons (Fsp3) is 0.667. The van der Waals surface area contributed by atoms with Crippen LogP contribution in [0.4, 0.5) is 0 Å². The highest BCUT2D eigenvalue weighted by Crippen LogP contribution is 2.11. The number of hydrogen-bond donors (Lipinski definition) is 1. The number of nitrogens with zero attached hydrogens (tertiary/aromatic N) is 2. The van der Waals surface area contributed by atoms with Gasteiger partial charge in [-0.3, -0.25) is 5.10 Å². The van der Waals surface area contributed by atoms with E-state index in [0.29, 0.717) is 12.5 Å². The molecule has 0 spiro atoms. The van der Waals surface area contributed by atoms with Gasteiger partial charge in [-0.2, -0.15) is 9.40 Å². The molecule has 0 atom stereocenters. The van der Waals surface area contributed by atoms with Crippen molar-refractivity contribution >= 4 is 10.0 Å². The largest absolute Gasteiger partial charge is 0.266 e. The summed E-state index contributed by atoms with van der Waals surface area (Å²) in [6.07, 6.45) is 2.28. The first-order valence-electron chi connectivity index (χ1n) is 4.90. The van der Waals surface area contributed by atoms with Crippen LogP contribution in [0, 0.1) is 5.92 Å². The van der Waals surface area contributed by atoms with E-state index >= 15 is 0 Å². The Morgan fingerprint density at radius 2 is 2.20 bits per heavy atom. The second-order valence-electron chi connectivity index (χ2n) is 3.93. The van der Waals surface area contributed by atoms with Gasteiger partial charge in [-0.25, -0.2) is 8.42 Å². The molecule has 0 saturated heterocycles. The van der Waals surface area contributed by atoms with Crippen molar-refractivity contribution in [1.29, 1.82) is 0 Å². The summed E-state index contributed by atoms with van der Waals surface area (Å²) in [5.41, 5.74) is 0. The molecule has 0 radical (unpaired) electrons. The van der Waals surface area contributed by atoms with Crippen LogP contribution in [0.3, 0.4) is 0 Å². The number of H-pyrrole nitrogens is 1. The number of aromatic nitrogens is 2. The second kappa shape index (κ2) is 4.76. The molecule has 0 aliphatic carbocycles. The van der Waals surface area contributed by atoms with Crippen molar-refractivity contribution in [3.8, 4) is 0 Å². The number of aromatic amines is 1. The molecule has 0 bridgehead atoms. The quantitative estimate of drug-likeness (QED) is 0.824. The number of rotatable bonds is 5. The summed E-state index contributed by atoms with van der Waals surface area (Å²) in [7, 11) is -1.79. The summed E-state index contributed by atoms with van der Waals surface area (Å²) in [5, 5.41) is 6.25. The summed E-state index contributed by atoms with van der Waals surface area (Å²) in [4.78, 5) is 0. The zero-order chi connectivity index (χ0) is 11.5. The van der Waals surface area contributed by atoms with E-state index in [0.717, 1.165) is 6.42 Å². The Morgan fingerprint density at radius 3 is 2.67 bits per heavy atom. The van der Waals surface area contributed by atoms with Crippen molar-refractivity contribution in [2.24, 2.45) is 5.92 Å². The maximum atomic E-state index is 11.9. The summed E-state index contributed by atoms with van der Waals surface area (Å²) >= 11 is 0. The maximum Gasteiger partial charge on any atom is 0.259 e. The summed E-state index contributed by atoms with van der Waals surface area (Å²) < 4.78 is 25.1. The molecule has 0 fully saturated rings. The maximum absolute atomic E-state index is 11.9. The van der Waals surface area contributed by atoms with Crippen LogP contribution in [-0.2, 0) is 10.0 Å². The summed E-state index contributed by atoms with van der Waals surface area (Å²) in [6.45, 7) is 4.66. The van der Waals surface area contributed by atoms with Gasteiger partial charge in [-0.05, 0) is 18.4 Å². The Kier molecular flexibility index (Phi) is 3.87. The fourth-order valence-electron chi connectivity index (χ4n) is 1.11. The monoisotopic (exact) mass is 231 g/mol. The molecule has 86 valence electrons. The lowest BCUT2D eigenvalue weighted by Gasteiger charge is -2.16. The van der Waals surface area contributed by atoms with E-state index in [9.17, 15) is 8.42 Å². The molecule has 15 heavy (non-hydrogen) atoms. The van der Waals surface area contributed by atoms with Crippen LogP contribution < -0.4 is 0 Å². The van der Waals surface area contributed by atoms with E-state index in [1.54, 1.807) is 7.05 Å². The van der Waals surface area contributed by atoms with E-state index in [1.807, 2.05) is 0 Å². The van der Waals surface area contributed by atoms with Crippen LogP contribution in [0.15, 0.2) is 17.3 Å². The molecule has 6 heteroatoms. The molecule has 5 nitrogen and oxygen atoms in total. The van der Waals surface area contributed by atoms with Crippen LogP contribution >= 0.6 is 0 Å². The van der Waals surface area contributed by atoms with Crippen molar-refractivity contribution in [3.63, 3.8) is 0 Å². The third-order valence-corrected chi connectivity index (χ3v) is 3.97. The predicted octanol–water partition coefficient (Wildman–Crippen LogP) is 1.08. The van der Waals surface area contributed by atoms with E-state index in [4.69, 9.17) is 0 Å². The molecule has 1 N–H and O–H groups in total. The minimum Gasteiger partial charge on any atom is -0.266 e.